The second-order valence-corrected chi connectivity index (χ2v) is 11.0. The molecule has 0 radical (unpaired) electrons. The number of sulfone groups is 1. The number of nitrogens with one attached hydrogen (secondary N) is 2. The zero-order chi connectivity index (χ0) is 25.7. The molecule has 0 saturated heterocycles. The summed E-state index contributed by atoms with van der Waals surface area (Å²) >= 11 is 0. The fourth-order valence-electron chi connectivity index (χ4n) is 4.78. The van der Waals surface area contributed by atoms with Gasteiger partial charge in [0.2, 0.25) is 5.91 Å². The highest BCUT2D eigenvalue weighted by atomic mass is 32.2. The van der Waals surface area contributed by atoms with Crippen LogP contribution in [0.5, 0.6) is 0 Å². The number of aromatic nitrogens is 1. The number of carbonyl (C=O) groups excluding carboxylic acids is 2. The van der Waals surface area contributed by atoms with Gasteiger partial charge in [-0.3, -0.25) is 14.4 Å². The van der Waals surface area contributed by atoms with Gasteiger partial charge in [-0.25, -0.2) is 8.42 Å². The summed E-state index contributed by atoms with van der Waals surface area (Å²) in [6, 6.07) is 9.50. The van der Waals surface area contributed by atoms with Gasteiger partial charge in [-0.1, -0.05) is 24.3 Å². The Hall–Kier alpha value is -3.24. The van der Waals surface area contributed by atoms with Gasteiger partial charge in [0.1, 0.15) is 5.56 Å². The maximum atomic E-state index is 13.1. The van der Waals surface area contributed by atoms with Crippen molar-refractivity contribution in [3.63, 3.8) is 0 Å². The summed E-state index contributed by atoms with van der Waals surface area (Å²) in [6.45, 7) is 0.805. The SMILES string of the molecule is COC1CCC(C(=O)N2CCc3[nH]c(=O)c(C(=O)NC/C=C/S(=O)(=O)c4ccccc4)cc3C2)CC1. The third-order valence-corrected chi connectivity index (χ3v) is 8.33. The van der Waals surface area contributed by atoms with Crippen LogP contribution in [0.25, 0.3) is 0 Å². The van der Waals surface area contributed by atoms with Crippen LogP contribution in [-0.2, 0) is 32.3 Å². The van der Waals surface area contributed by atoms with Gasteiger partial charge < -0.3 is 19.9 Å². The Morgan fingerprint density at radius 3 is 2.58 bits per heavy atom. The number of amides is 2. The number of fused-ring (bicyclic) bond motifs is 1. The lowest BCUT2D eigenvalue weighted by atomic mass is 9.86. The van der Waals surface area contributed by atoms with Gasteiger partial charge in [0.15, 0.2) is 9.84 Å². The maximum absolute atomic E-state index is 13.1. The molecule has 0 atom stereocenters. The summed E-state index contributed by atoms with van der Waals surface area (Å²) in [5, 5.41) is 3.59. The molecule has 1 aliphatic heterocycles. The largest absolute Gasteiger partial charge is 0.381 e. The van der Waals surface area contributed by atoms with E-state index in [2.05, 4.69) is 10.3 Å². The van der Waals surface area contributed by atoms with E-state index in [4.69, 9.17) is 4.74 Å². The van der Waals surface area contributed by atoms with Crippen LogP contribution < -0.4 is 10.9 Å². The summed E-state index contributed by atoms with van der Waals surface area (Å²) < 4.78 is 30.0. The van der Waals surface area contributed by atoms with Crippen LogP contribution in [0.4, 0.5) is 0 Å². The second-order valence-electron chi connectivity index (χ2n) is 9.17. The van der Waals surface area contributed by atoms with Gasteiger partial charge in [-0.2, -0.15) is 0 Å². The van der Waals surface area contributed by atoms with Crippen molar-refractivity contribution in [2.45, 2.75) is 49.6 Å². The molecule has 2 amide bonds. The first-order chi connectivity index (χ1) is 17.3. The molecule has 1 saturated carbocycles. The molecule has 36 heavy (non-hydrogen) atoms. The van der Waals surface area contributed by atoms with Gasteiger partial charge in [-0.05, 0) is 49.4 Å². The van der Waals surface area contributed by atoms with Crippen molar-refractivity contribution in [2.75, 3.05) is 20.2 Å². The molecule has 10 heteroatoms. The van der Waals surface area contributed by atoms with Crippen molar-refractivity contribution in [1.29, 1.82) is 0 Å². The molecule has 2 heterocycles. The molecular formula is C26H31N3O6S. The third kappa shape index (κ3) is 5.93. The highest BCUT2D eigenvalue weighted by Crippen LogP contribution is 2.29. The summed E-state index contributed by atoms with van der Waals surface area (Å²) in [7, 11) is -1.92. The van der Waals surface area contributed by atoms with Crippen molar-refractivity contribution >= 4 is 21.7 Å². The van der Waals surface area contributed by atoms with Crippen molar-refractivity contribution < 1.29 is 22.7 Å². The van der Waals surface area contributed by atoms with E-state index in [1.54, 1.807) is 30.2 Å². The molecule has 0 bridgehead atoms. The zero-order valence-electron chi connectivity index (χ0n) is 20.2. The molecule has 1 aromatic carbocycles. The molecule has 1 aliphatic carbocycles. The Kier molecular flexibility index (Phi) is 8.05. The first kappa shape index (κ1) is 25.8. The number of H-pyrrole nitrogens is 1. The topological polar surface area (TPSA) is 126 Å². The lowest BCUT2D eigenvalue weighted by Gasteiger charge is -2.34. The molecule has 192 valence electrons. The first-order valence-electron chi connectivity index (χ1n) is 12.1. The minimum absolute atomic E-state index is 0.0255. The smallest absolute Gasteiger partial charge is 0.261 e. The summed E-state index contributed by atoms with van der Waals surface area (Å²) in [5.74, 6) is -0.526. The standard InChI is InChI=1S/C26H31N3O6S/c1-35-20-10-8-18(9-11-20)26(32)29-14-12-23-19(17-29)16-22(25(31)28-23)24(30)27-13-5-15-36(33,34)21-6-3-2-4-7-21/h2-7,15-16,18,20H,8-14,17H2,1H3,(H,27,30)(H,28,31)/b15-5+. The fourth-order valence-corrected chi connectivity index (χ4v) is 5.82. The summed E-state index contributed by atoms with van der Waals surface area (Å²) in [4.78, 5) is 43.0. The van der Waals surface area contributed by atoms with Gasteiger partial charge in [-0.15, -0.1) is 0 Å². The van der Waals surface area contributed by atoms with E-state index in [0.717, 1.165) is 42.3 Å². The van der Waals surface area contributed by atoms with Crippen molar-refractivity contribution in [1.82, 2.24) is 15.2 Å². The van der Waals surface area contributed by atoms with Gasteiger partial charge >= 0.3 is 0 Å². The van der Waals surface area contributed by atoms with Crippen LogP contribution >= 0.6 is 0 Å². The Balaban J connectivity index is 1.38. The van der Waals surface area contributed by atoms with E-state index in [1.165, 1.54) is 24.3 Å². The lowest BCUT2D eigenvalue weighted by molar-refractivity contribution is -0.138. The molecule has 1 aromatic heterocycles. The lowest BCUT2D eigenvalue weighted by Crippen LogP contribution is -2.42. The molecule has 0 spiro atoms. The normalized spacial score (nSPS) is 20.2. The van der Waals surface area contributed by atoms with Gasteiger partial charge in [0.25, 0.3) is 11.5 Å². The molecule has 2 N–H and O–H groups in total. The maximum Gasteiger partial charge on any atom is 0.261 e. The van der Waals surface area contributed by atoms with Gasteiger partial charge in [0, 0.05) is 50.2 Å². The monoisotopic (exact) mass is 513 g/mol. The number of hydrogen-bond acceptors (Lipinski definition) is 6. The quantitative estimate of drug-likeness (QED) is 0.585. The van der Waals surface area contributed by atoms with Crippen molar-refractivity contribution in [3.8, 4) is 0 Å². The van der Waals surface area contributed by atoms with Crippen LogP contribution in [-0.4, -0.2) is 56.4 Å². The minimum Gasteiger partial charge on any atom is -0.381 e. The van der Waals surface area contributed by atoms with Crippen molar-refractivity contribution in [2.24, 2.45) is 5.92 Å². The first-order valence-corrected chi connectivity index (χ1v) is 13.6. The number of hydrogen-bond donors (Lipinski definition) is 2. The average Bonchev–Trinajstić information content (AvgIpc) is 2.90. The van der Waals surface area contributed by atoms with Crippen LogP contribution in [0.3, 0.4) is 0 Å². The molecule has 4 rings (SSSR count). The number of aromatic amines is 1. The van der Waals surface area contributed by atoms with Crippen molar-refractivity contribution in [3.05, 3.63) is 75.1 Å². The molecule has 1 fully saturated rings. The number of pyridine rings is 1. The molecule has 0 unspecified atom stereocenters. The Morgan fingerprint density at radius 2 is 1.89 bits per heavy atom. The summed E-state index contributed by atoms with van der Waals surface area (Å²) in [5.41, 5.74) is 0.900. The number of nitrogens with zero attached hydrogens (tertiary/aromatic N) is 1. The highest BCUT2D eigenvalue weighted by Gasteiger charge is 2.31. The van der Waals surface area contributed by atoms with E-state index in [9.17, 15) is 22.8 Å². The van der Waals surface area contributed by atoms with E-state index in [1.807, 2.05) is 0 Å². The number of ether oxygens (including phenoxy) is 1. The second kappa shape index (κ2) is 11.2. The van der Waals surface area contributed by atoms with Crippen LogP contribution in [0, 0.1) is 5.92 Å². The average molecular weight is 514 g/mol. The Morgan fingerprint density at radius 1 is 1.17 bits per heavy atom. The fraction of sp³-hybridized carbons (Fsp3) is 0.423. The van der Waals surface area contributed by atoms with E-state index in [-0.39, 0.29) is 34.9 Å². The number of benzene rings is 1. The van der Waals surface area contributed by atoms with Crippen LogP contribution in [0.2, 0.25) is 0 Å². The third-order valence-electron chi connectivity index (χ3n) is 6.85. The van der Waals surface area contributed by atoms with E-state index < -0.39 is 21.3 Å². The molecule has 2 aliphatic rings. The highest BCUT2D eigenvalue weighted by molar-refractivity contribution is 7.94. The van der Waals surface area contributed by atoms with Gasteiger partial charge in [0.05, 0.1) is 11.0 Å². The molecular weight excluding hydrogens is 482 g/mol. The molecule has 2 aromatic rings. The van der Waals surface area contributed by atoms with Crippen LogP contribution in [0.15, 0.2) is 57.6 Å². The zero-order valence-corrected chi connectivity index (χ0v) is 21.1. The number of carbonyl (C=O) groups is 2. The van der Waals surface area contributed by atoms with E-state index >= 15 is 0 Å². The number of methoxy groups -OCH3 is 1. The minimum atomic E-state index is -3.62. The predicted molar refractivity (Wildman–Crippen MR) is 134 cm³/mol. The Labute approximate surface area is 210 Å². The number of rotatable bonds is 7. The van der Waals surface area contributed by atoms with E-state index in [0.29, 0.717) is 19.5 Å². The molecule has 9 nitrogen and oxygen atoms in total. The predicted octanol–water partition coefficient (Wildman–Crippen LogP) is 2.18. The van der Waals surface area contributed by atoms with Crippen LogP contribution in [0.1, 0.15) is 47.3 Å². The Bertz CT molecular complexity index is 1290. The summed E-state index contributed by atoms with van der Waals surface area (Å²) in [6.07, 6.45) is 5.40.